The van der Waals surface area contributed by atoms with Gasteiger partial charge in [0, 0.05) is 17.1 Å². The first-order valence-electron chi connectivity index (χ1n) is 6.00. The van der Waals surface area contributed by atoms with Crippen molar-refractivity contribution in [3.8, 4) is 0 Å². The lowest BCUT2D eigenvalue weighted by molar-refractivity contribution is 0.170. The van der Waals surface area contributed by atoms with Crippen molar-refractivity contribution in [1.29, 1.82) is 0 Å². The standard InChI is InChI=1S/C13H17BrN2O/c1-10-6-4-5-9-16(10)13(17)15-12-8-3-2-7-11(12)14/h2-3,7-8,10H,4-6,9H2,1H3,(H,15,17)/t10-/m1/s1. The maximum atomic E-state index is 12.1. The molecule has 0 bridgehead atoms. The van der Waals surface area contributed by atoms with Crippen LogP contribution in [-0.4, -0.2) is 23.5 Å². The van der Waals surface area contributed by atoms with Gasteiger partial charge >= 0.3 is 6.03 Å². The number of benzene rings is 1. The summed E-state index contributed by atoms with van der Waals surface area (Å²) in [6.45, 7) is 2.97. The van der Waals surface area contributed by atoms with Crippen LogP contribution < -0.4 is 5.32 Å². The normalized spacial score (nSPS) is 20.1. The molecule has 1 aliphatic heterocycles. The van der Waals surface area contributed by atoms with Gasteiger partial charge in [0.25, 0.3) is 0 Å². The minimum absolute atomic E-state index is 0.00380. The molecule has 2 amide bonds. The van der Waals surface area contributed by atoms with Crippen LogP contribution in [0.4, 0.5) is 10.5 Å². The molecule has 1 N–H and O–H groups in total. The second kappa shape index (κ2) is 5.54. The number of nitrogens with one attached hydrogen (secondary N) is 1. The van der Waals surface area contributed by atoms with E-state index in [0.717, 1.165) is 29.5 Å². The van der Waals surface area contributed by atoms with Gasteiger partial charge in [-0.2, -0.15) is 0 Å². The summed E-state index contributed by atoms with van der Waals surface area (Å²) in [5.74, 6) is 0. The molecule has 1 heterocycles. The predicted octanol–water partition coefficient (Wildman–Crippen LogP) is 3.86. The number of likely N-dealkylation sites (tertiary alicyclic amines) is 1. The number of para-hydroxylation sites is 1. The van der Waals surface area contributed by atoms with Crippen LogP contribution in [0.1, 0.15) is 26.2 Å². The number of carbonyl (C=O) groups excluding carboxylic acids is 1. The molecule has 4 heteroatoms. The minimum atomic E-state index is 0.00380. The Labute approximate surface area is 110 Å². The molecule has 1 fully saturated rings. The molecule has 2 rings (SSSR count). The number of piperidine rings is 1. The van der Waals surface area contributed by atoms with Crippen molar-refractivity contribution in [2.45, 2.75) is 32.2 Å². The first-order chi connectivity index (χ1) is 8.18. The number of urea groups is 1. The quantitative estimate of drug-likeness (QED) is 0.839. The molecule has 0 radical (unpaired) electrons. The van der Waals surface area contributed by atoms with Crippen molar-refractivity contribution in [1.82, 2.24) is 4.90 Å². The minimum Gasteiger partial charge on any atom is -0.322 e. The third-order valence-electron chi connectivity index (χ3n) is 3.18. The lowest BCUT2D eigenvalue weighted by Gasteiger charge is -2.33. The number of carbonyl (C=O) groups is 1. The predicted molar refractivity (Wildman–Crippen MR) is 73.2 cm³/mol. The zero-order valence-electron chi connectivity index (χ0n) is 9.95. The highest BCUT2D eigenvalue weighted by molar-refractivity contribution is 9.10. The Hall–Kier alpha value is -1.03. The molecular weight excluding hydrogens is 280 g/mol. The molecule has 0 spiro atoms. The number of anilines is 1. The average molecular weight is 297 g/mol. The van der Waals surface area contributed by atoms with Gasteiger partial charge in [0.15, 0.2) is 0 Å². The lowest BCUT2D eigenvalue weighted by atomic mass is 10.0. The van der Waals surface area contributed by atoms with Gasteiger partial charge in [-0.1, -0.05) is 12.1 Å². The van der Waals surface area contributed by atoms with E-state index < -0.39 is 0 Å². The fourth-order valence-electron chi connectivity index (χ4n) is 2.15. The summed E-state index contributed by atoms with van der Waals surface area (Å²) in [6.07, 6.45) is 3.43. The van der Waals surface area contributed by atoms with Crippen molar-refractivity contribution in [3.05, 3.63) is 28.7 Å². The Kier molecular flexibility index (Phi) is 4.05. The van der Waals surface area contributed by atoms with Gasteiger partial charge in [0.05, 0.1) is 5.69 Å². The molecule has 0 saturated carbocycles. The molecule has 1 atom stereocenters. The fourth-order valence-corrected chi connectivity index (χ4v) is 2.53. The fraction of sp³-hybridized carbons (Fsp3) is 0.462. The monoisotopic (exact) mass is 296 g/mol. The lowest BCUT2D eigenvalue weighted by Crippen LogP contribution is -2.44. The van der Waals surface area contributed by atoms with E-state index in [1.54, 1.807) is 0 Å². The Morgan fingerprint density at radius 1 is 1.41 bits per heavy atom. The molecule has 0 aliphatic carbocycles. The number of amides is 2. The third kappa shape index (κ3) is 3.00. The van der Waals surface area contributed by atoms with Crippen molar-refractivity contribution in [2.24, 2.45) is 0 Å². The smallest absolute Gasteiger partial charge is 0.322 e. The van der Waals surface area contributed by atoms with Gasteiger partial charge in [-0.05, 0) is 54.2 Å². The summed E-state index contributed by atoms with van der Waals surface area (Å²) < 4.78 is 0.915. The van der Waals surface area contributed by atoms with Crippen LogP contribution in [-0.2, 0) is 0 Å². The topological polar surface area (TPSA) is 32.3 Å². The van der Waals surface area contributed by atoms with Gasteiger partial charge < -0.3 is 10.2 Å². The van der Waals surface area contributed by atoms with E-state index in [2.05, 4.69) is 28.2 Å². The van der Waals surface area contributed by atoms with E-state index in [1.807, 2.05) is 29.2 Å². The van der Waals surface area contributed by atoms with E-state index in [0.29, 0.717) is 6.04 Å². The van der Waals surface area contributed by atoms with Crippen LogP contribution in [0.2, 0.25) is 0 Å². The zero-order chi connectivity index (χ0) is 12.3. The van der Waals surface area contributed by atoms with Gasteiger partial charge in [-0.15, -0.1) is 0 Å². The number of hydrogen-bond acceptors (Lipinski definition) is 1. The highest BCUT2D eigenvalue weighted by Gasteiger charge is 2.23. The van der Waals surface area contributed by atoms with Crippen LogP contribution >= 0.6 is 15.9 Å². The molecule has 1 aromatic carbocycles. The van der Waals surface area contributed by atoms with Crippen LogP contribution in [0.25, 0.3) is 0 Å². The third-order valence-corrected chi connectivity index (χ3v) is 3.87. The highest BCUT2D eigenvalue weighted by atomic mass is 79.9. The van der Waals surface area contributed by atoms with Crippen LogP contribution in [0, 0.1) is 0 Å². The Bertz CT molecular complexity index is 408. The Balaban J connectivity index is 2.03. The average Bonchev–Trinajstić information content (AvgIpc) is 2.32. The van der Waals surface area contributed by atoms with E-state index >= 15 is 0 Å². The molecule has 92 valence electrons. The first-order valence-corrected chi connectivity index (χ1v) is 6.80. The largest absolute Gasteiger partial charge is 0.322 e. The highest BCUT2D eigenvalue weighted by Crippen LogP contribution is 2.23. The zero-order valence-corrected chi connectivity index (χ0v) is 11.5. The number of rotatable bonds is 1. The van der Waals surface area contributed by atoms with E-state index in [1.165, 1.54) is 6.42 Å². The van der Waals surface area contributed by atoms with Crippen molar-refractivity contribution < 1.29 is 4.79 Å². The van der Waals surface area contributed by atoms with E-state index in [-0.39, 0.29) is 6.03 Å². The summed E-state index contributed by atoms with van der Waals surface area (Å²) in [5, 5.41) is 2.95. The van der Waals surface area contributed by atoms with Gasteiger partial charge in [-0.25, -0.2) is 4.79 Å². The molecule has 1 saturated heterocycles. The Morgan fingerprint density at radius 3 is 2.88 bits per heavy atom. The SMILES string of the molecule is C[C@@H]1CCCCN1C(=O)Nc1ccccc1Br. The summed E-state index contributed by atoms with van der Waals surface area (Å²) >= 11 is 3.43. The van der Waals surface area contributed by atoms with Crippen molar-refractivity contribution >= 4 is 27.6 Å². The molecule has 0 unspecified atom stereocenters. The summed E-state index contributed by atoms with van der Waals surface area (Å²) in [7, 11) is 0. The van der Waals surface area contributed by atoms with E-state index in [4.69, 9.17) is 0 Å². The maximum Gasteiger partial charge on any atom is 0.322 e. The molecular formula is C13H17BrN2O. The van der Waals surface area contributed by atoms with Crippen LogP contribution in [0.5, 0.6) is 0 Å². The summed E-state index contributed by atoms with van der Waals surface area (Å²) in [6, 6.07) is 8.02. The number of halogens is 1. The van der Waals surface area contributed by atoms with Crippen LogP contribution in [0.3, 0.4) is 0 Å². The van der Waals surface area contributed by atoms with Gasteiger partial charge in [-0.3, -0.25) is 0 Å². The number of nitrogens with zero attached hydrogens (tertiary/aromatic N) is 1. The molecule has 1 aromatic rings. The summed E-state index contributed by atoms with van der Waals surface area (Å²) in [5.41, 5.74) is 0.829. The number of hydrogen-bond donors (Lipinski definition) is 1. The first kappa shape index (κ1) is 12.4. The summed E-state index contributed by atoms with van der Waals surface area (Å²) in [4.78, 5) is 14.0. The van der Waals surface area contributed by atoms with Gasteiger partial charge in [0.1, 0.15) is 0 Å². The maximum absolute atomic E-state index is 12.1. The molecule has 1 aliphatic rings. The second-order valence-electron chi connectivity index (χ2n) is 4.45. The van der Waals surface area contributed by atoms with Crippen LogP contribution in [0.15, 0.2) is 28.7 Å². The van der Waals surface area contributed by atoms with E-state index in [9.17, 15) is 4.79 Å². The molecule has 3 nitrogen and oxygen atoms in total. The molecule has 0 aromatic heterocycles. The second-order valence-corrected chi connectivity index (χ2v) is 5.30. The van der Waals surface area contributed by atoms with Gasteiger partial charge in [0.2, 0.25) is 0 Å². The van der Waals surface area contributed by atoms with Crippen molar-refractivity contribution in [2.75, 3.05) is 11.9 Å². The Morgan fingerprint density at radius 2 is 2.18 bits per heavy atom. The van der Waals surface area contributed by atoms with Crippen molar-refractivity contribution in [3.63, 3.8) is 0 Å². The molecule has 17 heavy (non-hydrogen) atoms.